The lowest BCUT2D eigenvalue weighted by Gasteiger charge is -2.33. The van der Waals surface area contributed by atoms with Crippen molar-refractivity contribution in [2.45, 2.75) is 19.4 Å². The lowest BCUT2D eigenvalue weighted by molar-refractivity contribution is -0.125. The van der Waals surface area contributed by atoms with Crippen molar-refractivity contribution in [1.82, 2.24) is 15.1 Å². The number of aromatic nitrogens is 2. The van der Waals surface area contributed by atoms with Gasteiger partial charge in [-0.15, -0.1) is 5.10 Å². The van der Waals surface area contributed by atoms with Gasteiger partial charge in [-0.2, -0.15) is 4.68 Å². The van der Waals surface area contributed by atoms with Gasteiger partial charge in [0, 0.05) is 25.7 Å². The molecule has 1 atom stereocenters. The van der Waals surface area contributed by atoms with Crippen LogP contribution in [0.15, 0.2) is 59.4 Å². The highest BCUT2D eigenvalue weighted by atomic mass is 19.1. The molecule has 0 unspecified atom stereocenters. The van der Waals surface area contributed by atoms with Crippen molar-refractivity contribution in [3.05, 3.63) is 76.3 Å². The molecule has 1 N–H and O–H groups in total. The van der Waals surface area contributed by atoms with Crippen molar-refractivity contribution in [3.63, 3.8) is 0 Å². The third-order valence-corrected chi connectivity index (χ3v) is 5.87. The van der Waals surface area contributed by atoms with Crippen LogP contribution in [0, 0.1) is 11.7 Å². The summed E-state index contributed by atoms with van der Waals surface area (Å²) in [6, 6.07) is 14.3. The summed E-state index contributed by atoms with van der Waals surface area (Å²) in [5.41, 5.74) is 0.908. The first-order valence-electron chi connectivity index (χ1n) is 11.1. The third kappa shape index (κ3) is 5.19. The second kappa shape index (κ2) is 10.4. The number of benzene rings is 2. The van der Waals surface area contributed by atoms with E-state index in [-0.39, 0.29) is 17.4 Å². The van der Waals surface area contributed by atoms with Crippen LogP contribution in [0.2, 0.25) is 0 Å². The maximum Gasteiger partial charge on any atom is 0.271 e. The zero-order valence-corrected chi connectivity index (χ0v) is 19.2. The molecule has 0 saturated carbocycles. The third-order valence-electron chi connectivity index (χ3n) is 5.87. The molecule has 1 aliphatic heterocycles. The van der Waals surface area contributed by atoms with Crippen LogP contribution < -0.4 is 25.2 Å². The number of halogens is 1. The molecule has 1 amide bonds. The van der Waals surface area contributed by atoms with Gasteiger partial charge in [-0.1, -0.05) is 12.1 Å². The fourth-order valence-electron chi connectivity index (χ4n) is 4.09. The van der Waals surface area contributed by atoms with Gasteiger partial charge in [-0.25, -0.2) is 4.39 Å². The number of nitrogens with one attached hydrogen (secondary N) is 1. The van der Waals surface area contributed by atoms with E-state index in [1.165, 1.54) is 28.9 Å². The highest BCUT2D eigenvalue weighted by molar-refractivity contribution is 5.79. The molecule has 178 valence electrons. The molecule has 3 aromatic rings. The molecule has 0 spiro atoms. The lowest BCUT2D eigenvalue weighted by atomic mass is 9.97. The molecule has 2 heterocycles. The van der Waals surface area contributed by atoms with Crippen molar-refractivity contribution < 1.29 is 18.7 Å². The molecule has 4 rings (SSSR count). The molecule has 1 aliphatic rings. The van der Waals surface area contributed by atoms with Crippen LogP contribution in [0.25, 0.3) is 5.69 Å². The molecule has 1 aromatic heterocycles. The van der Waals surface area contributed by atoms with Gasteiger partial charge in [0.05, 0.1) is 25.8 Å². The Balaban J connectivity index is 1.44. The van der Waals surface area contributed by atoms with Gasteiger partial charge in [-0.05, 0) is 54.8 Å². The minimum absolute atomic E-state index is 0.0436. The topological polar surface area (TPSA) is 85.7 Å². The number of rotatable bonds is 7. The van der Waals surface area contributed by atoms with E-state index in [9.17, 15) is 14.0 Å². The van der Waals surface area contributed by atoms with Crippen LogP contribution >= 0.6 is 0 Å². The maximum atomic E-state index is 13.6. The fourth-order valence-corrected chi connectivity index (χ4v) is 4.09. The number of carbonyl (C=O) groups excluding carboxylic acids is 1. The highest BCUT2D eigenvalue weighted by Gasteiger charge is 2.27. The summed E-state index contributed by atoms with van der Waals surface area (Å²) in [5.74, 6) is 1.11. The molecule has 1 fully saturated rings. The Morgan fingerprint density at radius 1 is 1.12 bits per heavy atom. The number of carbonyl (C=O) groups is 1. The summed E-state index contributed by atoms with van der Waals surface area (Å²) in [4.78, 5) is 27.2. The van der Waals surface area contributed by atoms with Crippen molar-refractivity contribution in [2.75, 3.05) is 32.2 Å². The largest absolute Gasteiger partial charge is 0.493 e. The molecule has 1 saturated heterocycles. The van der Waals surface area contributed by atoms with Crippen molar-refractivity contribution >= 4 is 11.7 Å². The SMILES string of the molecule is COc1ccc(CNC(=O)[C@@H]2CCCN(c3ccc(=O)n(-c4cccc(F)c4)n3)C2)cc1OC. The first-order chi connectivity index (χ1) is 16.5. The number of methoxy groups -OCH3 is 2. The van der Waals surface area contributed by atoms with Gasteiger partial charge >= 0.3 is 0 Å². The lowest BCUT2D eigenvalue weighted by Crippen LogP contribution is -2.43. The zero-order chi connectivity index (χ0) is 24.1. The van der Waals surface area contributed by atoms with Gasteiger partial charge in [-0.3, -0.25) is 9.59 Å². The van der Waals surface area contributed by atoms with E-state index in [1.54, 1.807) is 26.4 Å². The van der Waals surface area contributed by atoms with Crippen molar-refractivity contribution in [3.8, 4) is 17.2 Å². The summed E-state index contributed by atoms with van der Waals surface area (Å²) in [7, 11) is 3.15. The van der Waals surface area contributed by atoms with Crippen LogP contribution in [0.1, 0.15) is 18.4 Å². The number of hydrogen-bond donors (Lipinski definition) is 1. The average molecular weight is 467 g/mol. The van der Waals surface area contributed by atoms with Crippen molar-refractivity contribution in [2.24, 2.45) is 5.92 Å². The predicted octanol–water partition coefficient (Wildman–Crippen LogP) is 2.92. The van der Waals surface area contributed by atoms with E-state index in [0.717, 1.165) is 18.4 Å². The van der Waals surface area contributed by atoms with Crippen LogP contribution in [0.4, 0.5) is 10.2 Å². The molecule has 0 radical (unpaired) electrons. The summed E-state index contributed by atoms with van der Waals surface area (Å²) in [6.07, 6.45) is 1.58. The van der Waals surface area contributed by atoms with E-state index in [2.05, 4.69) is 10.4 Å². The Labute approximate surface area is 196 Å². The minimum Gasteiger partial charge on any atom is -0.493 e. The second-order valence-electron chi connectivity index (χ2n) is 8.11. The van der Waals surface area contributed by atoms with Gasteiger partial charge in [0.25, 0.3) is 5.56 Å². The molecule has 0 bridgehead atoms. The van der Waals surface area contributed by atoms with E-state index >= 15 is 0 Å². The Kier molecular flexibility index (Phi) is 7.10. The van der Waals surface area contributed by atoms with Gasteiger partial charge in [0.1, 0.15) is 11.6 Å². The van der Waals surface area contributed by atoms with Crippen LogP contribution in [0.5, 0.6) is 11.5 Å². The van der Waals surface area contributed by atoms with Gasteiger partial charge < -0.3 is 19.7 Å². The van der Waals surface area contributed by atoms with Crippen LogP contribution in [0.3, 0.4) is 0 Å². The number of nitrogens with zero attached hydrogens (tertiary/aromatic N) is 3. The molecular formula is C25H27FN4O4. The number of anilines is 1. The summed E-state index contributed by atoms with van der Waals surface area (Å²) < 4.78 is 25.4. The Morgan fingerprint density at radius 3 is 2.71 bits per heavy atom. The molecule has 0 aliphatic carbocycles. The second-order valence-corrected chi connectivity index (χ2v) is 8.11. The Hall–Kier alpha value is -3.88. The van der Waals surface area contributed by atoms with Crippen LogP contribution in [-0.2, 0) is 11.3 Å². The first-order valence-corrected chi connectivity index (χ1v) is 11.1. The van der Waals surface area contributed by atoms with E-state index < -0.39 is 5.82 Å². The zero-order valence-electron chi connectivity index (χ0n) is 19.2. The van der Waals surface area contributed by atoms with Gasteiger partial charge in [0.2, 0.25) is 5.91 Å². The normalized spacial score (nSPS) is 15.6. The molecular weight excluding hydrogens is 439 g/mol. The Bertz CT molecular complexity index is 1230. The molecule has 34 heavy (non-hydrogen) atoms. The summed E-state index contributed by atoms with van der Waals surface area (Å²) >= 11 is 0. The number of hydrogen-bond acceptors (Lipinski definition) is 6. The molecule has 8 nitrogen and oxygen atoms in total. The highest BCUT2D eigenvalue weighted by Crippen LogP contribution is 2.27. The maximum absolute atomic E-state index is 13.6. The fraction of sp³-hybridized carbons (Fsp3) is 0.320. The van der Waals surface area contributed by atoms with E-state index in [0.29, 0.717) is 42.6 Å². The standard InChI is InChI=1S/C25H27FN4O4/c1-33-21-9-8-17(13-22(21)34-2)15-27-25(32)18-5-4-12-29(16-18)23-10-11-24(31)30(28-23)20-7-3-6-19(26)14-20/h3,6-11,13-14,18H,4-5,12,15-16H2,1-2H3,(H,27,32)/t18-/m1/s1. The van der Waals surface area contributed by atoms with E-state index in [1.807, 2.05) is 23.1 Å². The molecule has 9 heteroatoms. The quantitative estimate of drug-likeness (QED) is 0.576. The monoisotopic (exact) mass is 466 g/mol. The first kappa shape index (κ1) is 23.3. The number of amides is 1. The summed E-state index contributed by atoms with van der Waals surface area (Å²) in [6.45, 7) is 1.57. The van der Waals surface area contributed by atoms with E-state index in [4.69, 9.17) is 9.47 Å². The predicted molar refractivity (Wildman–Crippen MR) is 126 cm³/mol. The number of ether oxygens (including phenoxy) is 2. The van der Waals surface area contributed by atoms with Crippen LogP contribution in [-0.4, -0.2) is 43.0 Å². The smallest absolute Gasteiger partial charge is 0.271 e. The number of piperidine rings is 1. The summed E-state index contributed by atoms with van der Waals surface area (Å²) in [5, 5.41) is 7.44. The van der Waals surface area contributed by atoms with Gasteiger partial charge in [0.15, 0.2) is 11.5 Å². The Morgan fingerprint density at radius 2 is 1.94 bits per heavy atom. The van der Waals surface area contributed by atoms with Crippen molar-refractivity contribution in [1.29, 1.82) is 0 Å². The average Bonchev–Trinajstić information content (AvgIpc) is 2.87. The minimum atomic E-state index is -0.444. The molecule has 2 aromatic carbocycles.